The number of pyridine rings is 1. The first-order valence-electron chi connectivity index (χ1n) is 5.55. The number of nitrogens with zero attached hydrogens (tertiary/aromatic N) is 2. The lowest BCUT2D eigenvalue weighted by Gasteiger charge is -2.03. The minimum atomic E-state index is 0.411. The molecule has 0 atom stereocenters. The molecule has 0 unspecified atom stereocenters. The molecule has 7 heteroatoms. The summed E-state index contributed by atoms with van der Waals surface area (Å²) in [6.45, 7) is 0. The van der Waals surface area contributed by atoms with Crippen molar-refractivity contribution in [3.8, 4) is 11.3 Å². The van der Waals surface area contributed by atoms with E-state index < -0.39 is 0 Å². The Morgan fingerprint density at radius 3 is 2.35 bits per heavy atom. The summed E-state index contributed by atoms with van der Waals surface area (Å²) in [5.74, 6) is 0.411. The molecule has 0 saturated carbocycles. The molecule has 2 heterocycles. The molecule has 0 amide bonds. The van der Waals surface area contributed by atoms with Gasteiger partial charge in [0, 0.05) is 16.8 Å². The van der Waals surface area contributed by atoms with E-state index in [1.54, 1.807) is 34.9 Å². The lowest BCUT2D eigenvalue weighted by Crippen LogP contribution is -1.94. The Bertz CT molecular complexity index is 826. The first-order chi connectivity index (χ1) is 9.47. The second-order valence-electron chi connectivity index (χ2n) is 4.17. The van der Waals surface area contributed by atoms with E-state index in [1.807, 2.05) is 0 Å². The molecule has 1 aromatic carbocycles. The summed E-state index contributed by atoms with van der Waals surface area (Å²) in [6, 6.07) is 6.73. The van der Waals surface area contributed by atoms with Crippen LogP contribution in [0.4, 0.5) is 5.82 Å². The van der Waals surface area contributed by atoms with Crippen LogP contribution in [0.15, 0.2) is 30.5 Å². The number of rotatable bonds is 1. The van der Waals surface area contributed by atoms with Crippen LogP contribution in [0.2, 0.25) is 20.1 Å². The Morgan fingerprint density at radius 1 is 0.950 bits per heavy atom. The molecule has 0 radical (unpaired) electrons. The number of halogens is 4. The number of nitrogens with two attached hydrogens (primary N) is 1. The summed E-state index contributed by atoms with van der Waals surface area (Å²) >= 11 is 24.2. The van der Waals surface area contributed by atoms with Gasteiger partial charge in [-0.3, -0.25) is 4.40 Å². The highest BCUT2D eigenvalue weighted by Crippen LogP contribution is 2.35. The van der Waals surface area contributed by atoms with Crippen molar-refractivity contribution in [2.75, 3.05) is 5.73 Å². The predicted octanol–water partition coefficient (Wildman–Crippen LogP) is 5.20. The van der Waals surface area contributed by atoms with Crippen molar-refractivity contribution < 1.29 is 0 Å². The summed E-state index contributed by atoms with van der Waals surface area (Å²) in [5, 5.41) is 1.90. The van der Waals surface area contributed by atoms with Crippen molar-refractivity contribution in [3.05, 3.63) is 50.6 Å². The van der Waals surface area contributed by atoms with Crippen LogP contribution in [0.3, 0.4) is 0 Å². The lowest BCUT2D eigenvalue weighted by molar-refractivity contribution is 1.20. The van der Waals surface area contributed by atoms with Gasteiger partial charge in [-0.1, -0.05) is 46.4 Å². The molecule has 3 rings (SSSR count). The van der Waals surface area contributed by atoms with Gasteiger partial charge in [0.05, 0.1) is 15.1 Å². The van der Waals surface area contributed by atoms with E-state index in [4.69, 9.17) is 52.1 Å². The van der Waals surface area contributed by atoms with Gasteiger partial charge in [0.1, 0.15) is 11.5 Å². The summed E-state index contributed by atoms with van der Waals surface area (Å²) in [5.41, 5.74) is 7.85. The van der Waals surface area contributed by atoms with Gasteiger partial charge in [-0.2, -0.15) is 0 Å². The van der Waals surface area contributed by atoms with Crippen molar-refractivity contribution in [1.82, 2.24) is 9.38 Å². The fraction of sp³-hybridized carbons (Fsp3) is 0. The summed E-state index contributed by atoms with van der Waals surface area (Å²) < 4.78 is 1.63. The molecule has 2 aromatic heterocycles. The van der Waals surface area contributed by atoms with Crippen molar-refractivity contribution in [1.29, 1.82) is 0 Å². The molecule has 0 spiro atoms. The number of imidazole rings is 1. The second kappa shape index (κ2) is 5.01. The SMILES string of the molecule is Nc1c(-c2ccc(Cl)cc2Cl)nc2c(Cl)cc(Cl)cn12. The lowest BCUT2D eigenvalue weighted by atomic mass is 10.1. The monoisotopic (exact) mass is 345 g/mol. The molecule has 3 nitrogen and oxygen atoms in total. The van der Waals surface area contributed by atoms with E-state index >= 15 is 0 Å². The highest BCUT2D eigenvalue weighted by molar-refractivity contribution is 6.37. The van der Waals surface area contributed by atoms with E-state index in [1.165, 1.54) is 0 Å². The number of benzene rings is 1. The molecule has 2 N–H and O–H groups in total. The topological polar surface area (TPSA) is 43.3 Å². The van der Waals surface area contributed by atoms with Crippen molar-refractivity contribution in [3.63, 3.8) is 0 Å². The first kappa shape index (κ1) is 13.8. The molecular formula is C13H7Cl4N3. The number of hydrogen-bond acceptors (Lipinski definition) is 2. The van der Waals surface area contributed by atoms with E-state index in [0.29, 0.717) is 42.8 Å². The molecule has 102 valence electrons. The highest BCUT2D eigenvalue weighted by Gasteiger charge is 2.16. The Morgan fingerprint density at radius 2 is 1.65 bits per heavy atom. The molecule has 0 aliphatic carbocycles. The van der Waals surface area contributed by atoms with Crippen LogP contribution in [0.1, 0.15) is 0 Å². The average molecular weight is 347 g/mol. The molecule has 3 aromatic rings. The van der Waals surface area contributed by atoms with Crippen molar-refractivity contribution in [2.45, 2.75) is 0 Å². The number of aromatic nitrogens is 2. The third kappa shape index (κ3) is 2.21. The Kier molecular flexibility index (Phi) is 3.46. The number of anilines is 1. The normalized spacial score (nSPS) is 11.2. The van der Waals surface area contributed by atoms with Gasteiger partial charge >= 0.3 is 0 Å². The van der Waals surface area contributed by atoms with Crippen molar-refractivity contribution >= 4 is 57.9 Å². The minimum Gasteiger partial charge on any atom is -0.383 e. The third-order valence-electron chi connectivity index (χ3n) is 2.86. The van der Waals surface area contributed by atoms with Crippen LogP contribution in [-0.2, 0) is 0 Å². The van der Waals surface area contributed by atoms with Crippen LogP contribution >= 0.6 is 46.4 Å². The highest BCUT2D eigenvalue weighted by atomic mass is 35.5. The molecule has 20 heavy (non-hydrogen) atoms. The molecular weight excluding hydrogens is 340 g/mol. The van der Waals surface area contributed by atoms with E-state index in [9.17, 15) is 0 Å². The molecule has 0 aliphatic heterocycles. The quantitative estimate of drug-likeness (QED) is 0.658. The Labute approximate surface area is 134 Å². The third-order valence-corrected chi connectivity index (χ3v) is 3.90. The number of nitrogen functional groups attached to an aromatic ring is 1. The van der Waals surface area contributed by atoms with E-state index in [2.05, 4.69) is 4.98 Å². The van der Waals surface area contributed by atoms with Gasteiger partial charge in [0.15, 0.2) is 5.65 Å². The Balaban J connectivity index is 2.32. The molecule has 0 aliphatic rings. The summed E-state index contributed by atoms with van der Waals surface area (Å²) in [6.07, 6.45) is 1.65. The maximum absolute atomic E-state index is 6.19. The second-order valence-corrected chi connectivity index (χ2v) is 5.86. The maximum atomic E-state index is 6.19. The fourth-order valence-corrected chi connectivity index (χ4v) is 2.98. The fourth-order valence-electron chi connectivity index (χ4n) is 1.97. The van der Waals surface area contributed by atoms with Gasteiger partial charge in [0.2, 0.25) is 0 Å². The van der Waals surface area contributed by atoms with E-state index in [-0.39, 0.29) is 0 Å². The van der Waals surface area contributed by atoms with Gasteiger partial charge in [-0.15, -0.1) is 0 Å². The van der Waals surface area contributed by atoms with Gasteiger partial charge < -0.3 is 5.73 Å². The zero-order chi connectivity index (χ0) is 14.4. The van der Waals surface area contributed by atoms with Crippen LogP contribution in [0.5, 0.6) is 0 Å². The van der Waals surface area contributed by atoms with Crippen LogP contribution in [0, 0.1) is 0 Å². The first-order valence-corrected chi connectivity index (χ1v) is 7.06. The molecule has 0 bridgehead atoms. The van der Waals surface area contributed by atoms with Gasteiger partial charge in [0.25, 0.3) is 0 Å². The van der Waals surface area contributed by atoms with Gasteiger partial charge in [-0.25, -0.2) is 4.98 Å². The summed E-state index contributed by atoms with van der Waals surface area (Å²) in [4.78, 5) is 4.43. The molecule has 0 saturated heterocycles. The smallest absolute Gasteiger partial charge is 0.158 e. The van der Waals surface area contributed by atoms with Crippen LogP contribution in [0.25, 0.3) is 16.9 Å². The largest absolute Gasteiger partial charge is 0.383 e. The molecule has 0 fully saturated rings. The van der Waals surface area contributed by atoms with Crippen molar-refractivity contribution in [2.24, 2.45) is 0 Å². The van der Waals surface area contributed by atoms with E-state index in [0.717, 1.165) is 0 Å². The Hall–Kier alpha value is -1.13. The average Bonchev–Trinajstić information content (AvgIpc) is 2.68. The van der Waals surface area contributed by atoms with Crippen LogP contribution < -0.4 is 5.73 Å². The zero-order valence-electron chi connectivity index (χ0n) is 9.87. The maximum Gasteiger partial charge on any atom is 0.158 e. The van der Waals surface area contributed by atoms with Gasteiger partial charge in [-0.05, 0) is 24.3 Å². The predicted molar refractivity (Wildman–Crippen MR) is 85.1 cm³/mol. The van der Waals surface area contributed by atoms with Crippen LogP contribution in [-0.4, -0.2) is 9.38 Å². The summed E-state index contributed by atoms with van der Waals surface area (Å²) in [7, 11) is 0. The zero-order valence-corrected chi connectivity index (χ0v) is 12.9. The number of hydrogen-bond donors (Lipinski definition) is 1. The number of fused-ring (bicyclic) bond motifs is 1. The standard InChI is InChI=1S/C13H7Cl4N3/c14-6-1-2-8(9(16)3-6)11-12(18)20-5-7(15)4-10(17)13(20)19-11/h1-5H,18H2. The minimum absolute atomic E-state index is 0.411.